The van der Waals surface area contributed by atoms with E-state index in [4.69, 9.17) is 14.2 Å². The third-order valence-electron chi connectivity index (χ3n) is 3.38. The second-order valence-corrected chi connectivity index (χ2v) is 5.34. The van der Waals surface area contributed by atoms with Crippen molar-refractivity contribution in [3.8, 4) is 11.5 Å². The van der Waals surface area contributed by atoms with Crippen LogP contribution in [0.25, 0.3) is 0 Å². The highest BCUT2D eigenvalue weighted by molar-refractivity contribution is 5.94. The molecule has 5 nitrogen and oxygen atoms in total. The highest BCUT2D eigenvalue weighted by Gasteiger charge is 2.33. The maximum absolute atomic E-state index is 12.1. The fourth-order valence-electron chi connectivity index (χ4n) is 2.13. The molecule has 1 fully saturated rings. The van der Waals surface area contributed by atoms with Gasteiger partial charge in [0.1, 0.15) is 13.2 Å². The maximum atomic E-state index is 12.1. The second-order valence-electron chi connectivity index (χ2n) is 5.34. The number of fused-ring (bicyclic) bond motifs is 1. The van der Waals surface area contributed by atoms with Gasteiger partial charge >= 0.3 is 0 Å². The number of hydrogen-bond acceptors (Lipinski definition) is 4. The summed E-state index contributed by atoms with van der Waals surface area (Å²) in [5.41, 5.74) is 0.664. The molecule has 1 N–H and O–H groups in total. The van der Waals surface area contributed by atoms with Gasteiger partial charge in [-0.2, -0.15) is 0 Å². The molecule has 0 spiro atoms. The summed E-state index contributed by atoms with van der Waals surface area (Å²) < 4.78 is 16.1. The maximum Gasteiger partial charge on any atom is 0.251 e. The van der Waals surface area contributed by atoms with Gasteiger partial charge in [0.15, 0.2) is 11.5 Å². The lowest BCUT2D eigenvalue weighted by atomic mass is 9.88. The van der Waals surface area contributed by atoms with Gasteiger partial charge in [0, 0.05) is 17.5 Å². The van der Waals surface area contributed by atoms with Gasteiger partial charge in [0.2, 0.25) is 0 Å². The summed E-state index contributed by atoms with van der Waals surface area (Å²) in [6.07, 6.45) is 0. The molecule has 0 radical (unpaired) electrons. The number of ether oxygens (including phenoxy) is 3. The van der Waals surface area contributed by atoms with E-state index < -0.39 is 0 Å². The second kappa shape index (κ2) is 4.74. The summed E-state index contributed by atoms with van der Waals surface area (Å²) in [6.45, 7) is 5.20. The highest BCUT2D eigenvalue weighted by Crippen LogP contribution is 2.31. The van der Waals surface area contributed by atoms with Crippen LogP contribution >= 0.6 is 0 Å². The summed E-state index contributed by atoms with van der Waals surface area (Å²) >= 11 is 0. The number of hydrogen-bond donors (Lipinski definition) is 1. The highest BCUT2D eigenvalue weighted by atomic mass is 16.6. The van der Waals surface area contributed by atoms with E-state index in [1.54, 1.807) is 18.2 Å². The van der Waals surface area contributed by atoms with Crippen molar-refractivity contribution in [2.45, 2.75) is 6.92 Å². The summed E-state index contributed by atoms with van der Waals surface area (Å²) in [5.74, 6) is 1.24. The molecule has 0 aromatic heterocycles. The number of nitrogens with one attached hydrogen (secondary N) is 1. The first kappa shape index (κ1) is 12.3. The molecular formula is C14H17NO4. The third kappa shape index (κ3) is 2.51. The molecule has 1 amide bonds. The van der Waals surface area contributed by atoms with Crippen molar-refractivity contribution in [2.75, 3.05) is 33.0 Å². The van der Waals surface area contributed by atoms with Crippen LogP contribution in [-0.4, -0.2) is 38.9 Å². The average Bonchev–Trinajstić information content (AvgIpc) is 2.42. The Bertz CT molecular complexity index is 496. The molecule has 0 saturated carbocycles. The molecule has 0 bridgehead atoms. The van der Waals surface area contributed by atoms with Crippen molar-refractivity contribution >= 4 is 5.91 Å². The minimum absolute atomic E-state index is 0.0729. The Hall–Kier alpha value is -1.75. The molecule has 0 aliphatic carbocycles. The van der Waals surface area contributed by atoms with Gasteiger partial charge in [-0.1, -0.05) is 6.92 Å². The van der Waals surface area contributed by atoms with Crippen LogP contribution in [-0.2, 0) is 4.74 Å². The van der Waals surface area contributed by atoms with E-state index in [-0.39, 0.29) is 11.3 Å². The zero-order valence-electron chi connectivity index (χ0n) is 10.9. The van der Waals surface area contributed by atoms with Crippen LogP contribution < -0.4 is 14.8 Å². The molecule has 3 rings (SSSR count). The minimum atomic E-state index is -0.0925. The average molecular weight is 263 g/mol. The monoisotopic (exact) mass is 263 g/mol. The zero-order chi connectivity index (χ0) is 13.3. The Morgan fingerprint density at radius 2 is 2.00 bits per heavy atom. The van der Waals surface area contributed by atoms with E-state index in [1.165, 1.54) is 0 Å². The molecule has 1 aromatic rings. The summed E-state index contributed by atoms with van der Waals surface area (Å²) in [4.78, 5) is 12.1. The zero-order valence-corrected chi connectivity index (χ0v) is 10.9. The predicted octanol–water partition coefficient (Wildman–Crippen LogP) is 1.22. The quantitative estimate of drug-likeness (QED) is 0.891. The van der Waals surface area contributed by atoms with Crippen LogP contribution in [0.3, 0.4) is 0 Å². The van der Waals surface area contributed by atoms with Crippen LogP contribution in [0.2, 0.25) is 0 Å². The van der Waals surface area contributed by atoms with Crippen LogP contribution in [0.5, 0.6) is 11.5 Å². The van der Waals surface area contributed by atoms with Crippen molar-refractivity contribution in [1.29, 1.82) is 0 Å². The van der Waals surface area contributed by atoms with Crippen LogP contribution in [0.4, 0.5) is 0 Å². The smallest absolute Gasteiger partial charge is 0.251 e. The molecule has 19 heavy (non-hydrogen) atoms. The first-order chi connectivity index (χ1) is 9.16. The normalized spacial score (nSPS) is 19.4. The molecule has 0 unspecified atom stereocenters. The van der Waals surface area contributed by atoms with Crippen LogP contribution in [0.15, 0.2) is 18.2 Å². The lowest BCUT2D eigenvalue weighted by Crippen LogP contribution is -2.48. The predicted molar refractivity (Wildman–Crippen MR) is 68.7 cm³/mol. The number of rotatable bonds is 3. The van der Waals surface area contributed by atoms with Crippen molar-refractivity contribution in [3.63, 3.8) is 0 Å². The summed E-state index contributed by atoms with van der Waals surface area (Å²) in [5, 5.41) is 2.93. The molecule has 102 valence electrons. The first-order valence-corrected chi connectivity index (χ1v) is 6.42. The van der Waals surface area contributed by atoms with Crippen molar-refractivity contribution in [1.82, 2.24) is 5.32 Å². The molecule has 0 atom stereocenters. The van der Waals surface area contributed by atoms with Gasteiger partial charge < -0.3 is 19.5 Å². The van der Waals surface area contributed by atoms with Crippen molar-refractivity contribution < 1.29 is 19.0 Å². The van der Waals surface area contributed by atoms with Gasteiger partial charge in [-0.3, -0.25) is 4.79 Å². The Morgan fingerprint density at radius 1 is 1.26 bits per heavy atom. The number of carbonyl (C=O) groups excluding carboxylic acids is 1. The minimum Gasteiger partial charge on any atom is -0.486 e. The molecule has 1 aromatic carbocycles. The van der Waals surface area contributed by atoms with Crippen LogP contribution in [0, 0.1) is 5.41 Å². The largest absolute Gasteiger partial charge is 0.486 e. The summed E-state index contributed by atoms with van der Waals surface area (Å²) in [6, 6.07) is 5.25. The lowest BCUT2D eigenvalue weighted by molar-refractivity contribution is -0.0978. The molecule has 2 aliphatic heterocycles. The topological polar surface area (TPSA) is 56.8 Å². The van der Waals surface area contributed by atoms with E-state index in [2.05, 4.69) is 12.2 Å². The lowest BCUT2D eigenvalue weighted by Gasteiger charge is -2.38. The Balaban J connectivity index is 1.66. The van der Waals surface area contributed by atoms with Crippen molar-refractivity contribution in [3.05, 3.63) is 23.8 Å². The molecule has 2 heterocycles. The van der Waals surface area contributed by atoms with E-state index in [1.807, 2.05) is 0 Å². The fraction of sp³-hybridized carbons (Fsp3) is 0.500. The SMILES string of the molecule is CC1(CNC(=O)c2ccc3c(c2)OCCO3)COC1. The van der Waals surface area contributed by atoms with Gasteiger partial charge in [-0.25, -0.2) is 0 Å². The number of benzene rings is 1. The Labute approximate surface area is 111 Å². The van der Waals surface area contributed by atoms with Gasteiger partial charge in [-0.15, -0.1) is 0 Å². The molecule has 2 aliphatic rings. The molecule has 1 saturated heterocycles. The van der Waals surface area contributed by atoms with E-state index in [0.29, 0.717) is 50.0 Å². The van der Waals surface area contributed by atoms with Gasteiger partial charge in [-0.05, 0) is 18.2 Å². The van der Waals surface area contributed by atoms with Gasteiger partial charge in [0.25, 0.3) is 5.91 Å². The first-order valence-electron chi connectivity index (χ1n) is 6.42. The van der Waals surface area contributed by atoms with E-state index >= 15 is 0 Å². The van der Waals surface area contributed by atoms with E-state index in [9.17, 15) is 4.79 Å². The van der Waals surface area contributed by atoms with Crippen LogP contribution in [0.1, 0.15) is 17.3 Å². The number of carbonyl (C=O) groups is 1. The molecular weight excluding hydrogens is 246 g/mol. The summed E-state index contributed by atoms with van der Waals surface area (Å²) in [7, 11) is 0. The molecule has 5 heteroatoms. The Kier molecular flexibility index (Phi) is 3.06. The van der Waals surface area contributed by atoms with E-state index in [0.717, 1.165) is 0 Å². The van der Waals surface area contributed by atoms with Crippen molar-refractivity contribution in [2.24, 2.45) is 5.41 Å². The fourth-order valence-corrected chi connectivity index (χ4v) is 2.13. The standard InChI is InChI=1S/C14H17NO4/c1-14(8-17-9-14)7-15-13(16)10-2-3-11-12(6-10)19-5-4-18-11/h2-3,6H,4-5,7-9H2,1H3,(H,15,16). The Morgan fingerprint density at radius 3 is 2.68 bits per heavy atom. The third-order valence-corrected chi connectivity index (χ3v) is 3.38. The number of amides is 1. The van der Waals surface area contributed by atoms with Gasteiger partial charge in [0.05, 0.1) is 13.2 Å².